The van der Waals surface area contributed by atoms with E-state index in [-0.39, 0.29) is 0 Å². The van der Waals surface area contributed by atoms with Crippen LogP contribution < -0.4 is 5.73 Å². The molecule has 80 valence electrons. The molecule has 0 aliphatic carbocycles. The highest BCUT2D eigenvalue weighted by atomic mass is 16.1. The molecule has 0 unspecified atom stereocenters. The molecule has 1 aromatic carbocycles. The lowest BCUT2D eigenvalue weighted by molar-refractivity contribution is 0.0999. The predicted molar refractivity (Wildman–Crippen MR) is 59.8 cm³/mol. The maximum atomic E-state index is 11.2. The second-order valence-corrected chi connectivity index (χ2v) is 3.40. The zero-order valence-electron chi connectivity index (χ0n) is 8.63. The van der Waals surface area contributed by atoms with Crippen molar-refractivity contribution in [3.8, 4) is 0 Å². The third-order valence-electron chi connectivity index (χ3n) is 2.30. The molecule has 1 amide bonds. The van der Waals surface area contributed by atoms with Crippen LogP contribution in [0, 0.1) is 0 Å². The number of amides is 1. The molecular weight excluding hydrogens is 202 g/mol. The minimum Gasteiger partial charge on any atom is -0.366 e. The fraction of sp³-hybridized carbons (Fsp3) is 0.0833. The van der Waals surface area contributed by atoms with E-state index >= 15 is 0 Å². The summed E-state index contributed by atoms with van der Waals surface area (Å²) >= 11 is 0. The fourth-order valence-corrected chi connectivity index (χ4v) is 1.53. The molecule has 4 nitrogen and oxygen atoms in total. The third-order valence-corrected chi connectivity index (χ3v) is 2.30. The van der Waals surface area contributed by atoms with Crippen molar-refractivity contribution in [2.75, 3.05) is 0 Å². The van der Waals surface area contributed by atoms with Gasteiger partial charge in [-0.25, -0.2) is 9.97 Å². The Morgan fingerprint density at radius 1 is 1.25 bits per heavy atom. The van der Waals surface area contributed by atoms with Gasteiger partial charge in [0.1, 0.15) is 6.33 Å². The van der Waals surface area contributed by atoms with Gasteiger partial charge < -0.3 is 5.73 Å². The SMILES string of the molecule is NC(=O)c1ccccc1Cc1ccncn1. The summed E-state index contributed by atoms with van der Waals surface area (Å²) in [5, 5.41) is 0. The standard InChI is InChI=1S/C12H11N3O/c13-12(16)11-4-2-1-3-9(11)7-10-5-6-14-8-15-10/h1-6,8H,7H2,(H2,13,16). The average Bonchev–Trinajstić information content (AvgIpc) is 2.31. The molecule has 0 aliphatic heterocycles. The molecular formula is C12H11N3O. The molecule has 0 bridgehead atoms. The van der Waals surface area contributed by atoms with E-state index in [1.807, 2.05) is 18.2 Å². The van der Waals surface area contributed by atoms with Crippen molar-refractivity contribution in [3.05, 3.63) is 59.7 Å². The van der Waals surface area contributed by atoms with Gasteiger partial charge >= 0.3 is 0 Å². The summed E-state index contributed by atoms with van der Waals surface area (Å²) in [5.74, 6) is -0.412. The van der Waals surface area contributed by atoms with Crippen LogP contribution in [0.15, 0.2) is 42.9 Å². The summed E-state index contributed by atoms with van der Waals surface area (Å²) in [6.45, 7) is 0. The van der Waals surface area contributed by atoms with Gasteiger partial charge in [0.05, 0.1) is 0 Å². The predicted octanol–water partition coefficient (Wildman–Crippen LogP) is 1.17. The molecule has 2 aromatic rings. The number of benzene rings is 1. The van der Waals surface area contributed by atoms with Gasteiger partial charge in [-0.3, -0.25) is 4.79 Å². The van der Waals surface area contributed by atoms with Crippen LogP contribution in [0.3, 0.4) is 0 Å². The Kier molecular flexibility index (Phi) is 2.91. The molecule has 2 N–H and O–H groups in total. The van der Waals surface area contributed by atoms with Gasteiger partial charge in [-0.05, 0) is 17.7 Å². The number of carbonyl (C=O) groups excluding carboxylic acids is 1. The second kappa shape index (κ2) is 4.53. The van der Waals surface area contributed by atoms with Crippen LogP contribution in [0.5, 0.6) is 0 Å². The van der Waals surface area contributed by atoms with Gasteiger partial charge in [0, 0.05) is 23.9 Å². The summed E-state index contributed by atoms with van der Waals surface area (Å²) in [4.78, 5) is 19.2. The Bertz CT molecular complexity index is 497. The van der Waals surface area contributed by atoms with Gasteiger partial charge in [-0.1, -0.05) is 18.2 Å². The Labute approximate surface area is 93.2 Å². The van der Waals surface area contributed by atoms with Gasteiger partial charge in [-0.15, -0.1) is 0 Å². The summed E-state index contributed by atoms with van der Waals surface area (Å²) in [5.41, 5.74) is 7.59. The normalized spacial score (nSPS) is 10.0. The Balaban J connectivity index is 2.31. The summed E-state index contributed by atoms with van der Waals surface area (Å²) < 4.78 is 0. The Morgan fingerprint density at radius 3 is 2.75 bits per heavy atom. The number of nitrogens with zero attached hydrogens (tertiary/aromatic N) is 2. The fourth-order valence-electron chi connectivity index (χ4n) is 1.53. The van der Waals surface area contributed by atoms with Crippen molar-refractivity contribution in [2.24, 2.45) is 5.73 Å². The van der Waals surface area contributed by atoms with Crippen molar-refractivity contribution in [1.82, 2.24) is 9.97 Å². The quantitative estimate of drug-likeness (QED) is 0.832. The van der Waals surface area contributed by atoms with Crippen LogP contribution in [0.2, 0.25) is 0 Å². The van der Waals surface area contributed by atoms with Crippen LogP contribution in [-0.4, -0.2) is 15.9 Å². The van der Waals surface area contributed by atoms with E-state index in [1.54, 1.807) is 18.3 Å². The molecule has 1 aromatic heterocycles. The van der Waals surface area contributed by atoms with Crippen molar-refractivity contribution < 1.29 is 4.79 Å². The third kappa shape index (κ3) is 2.23. The molecule has 0 aliphatic rings. The first-order valence-corrected chi connectivity index (χ1v) is 4.90. The summed E-state index contributed by atoms with van der Waals surface area (Å²) in [6.07, 6.45) is 3.75. The van der Waals surface area contributed by atoms with E-state index in [9.17, 15) is 4.79 Å². The maximum Gasteiger partial charge on any atom is 0.248 e. The number of primary amides is 1. The van der Waals surface area contributed by atoms with Crippen molar-refractivity contribution in [2.45, 2.75) is 6.42 Å². The lowest BCUT2D eigenvalue weighted by atomic mass is 10.0. The number of nitrogens with two attached hydrogens (primary N) is 1. The Morgan fingerprint density at radius 2 is 2.06 bits per heavy atom. The Hall–Kier alpha value is -2.23. The van der Waals surface area contributed by atoms with E-state index in [0.29, 0.717) is 12.0 Å². The molecule has 0 saturated heterocycles. The van der Waals surface area contributed by atoms with Crippen molar-refractivity contribution >= 4 is 5.91 Å². The number of hydrogen-bond acceptors (Lipinski definition) is 3. The van der Waals surface area contributed by atoms with Crippen LogP contribution in [0.25, 0.3) is 0 Å². The highest BCUT2D eigenvalue weighted by molar-refractivity contribution is 5.94. The number of aromatic nitrogens is 2. The first-order chi connectivity index (χ1) is 7.77. The van der Waals surface area contributed by atoms with Gasteiger partial charge in [0.25, 0.3) is 0 Å². The van der Waals surface area contributed by atoms with Gasteiger partial charge in [-0.2, -0.15) is 0 Å². The topological polar surface area (TPSA) is 68.9 Å². The van der Waals surface area contributed by atoms with Gasteiger partial charge in [0.2, 0.25) is 5.91 Å². The molecule has 0 fully saturated rings. The zero-order valence-corrected chi connectivity index (χ0v) is 8.63. The smallest absolute Gasteiger partial charge is 0.248 e. The summed E-state index contributed by atoms with van der Waals surface area (Å²) in [7, 11) is 0. The highest BCUT2D eigenvalue weighted by Crippen LogP contribution is 2.12. The lowest BCUT2D eigenvalue weighted by Gasteiger charge is -2.05. The van der Waals surface area contributed by atoms with E-state index in [2.05, 4.69) is 9.97 Å². The van der Waals surface area contributed by atoms with E-state index in [0.717, 1.165) is 11.3 Å². The highest BCUT2D eigenvalue weighted by Gasteiger charge is 2.07. The van der Waals surface area contributed by atoms with E-state index in [1.165, 1.54) is 6.33 Å². The number of hydrogen-bond donors (Lipinski definition) is 1. The molecule has 16 heavy (non-hydrogen) atoms. The van der Waals surface area contributed by atoms with Crippen LogP contribution >= 0.6 is 0 Å². The summed E-state index contributed by atoms with van der Waals surface area (Å²) in [6, 6.07) is 9.09. The van der Waals surface area contributed by atoms with Crippen LogP contribution in [0.1, 0.15) is 21.6 Å². The molecule has 2 rings (SSSR count). The van der Waals surface area contributed by atoms with E-state index in [4.69, 9.17) is 5.73 Å². The first kappa shape index (κ1) is 10.3. The van der Waals surface area contributed by atoms with Crippen molar-refractivity contribution in [1.29, 1.82) is 0 Å². The molecule has 1 heterocycles. The van der Waals surface area contributed by atoms with Gasteiger partial charge in [0.15, 0.2) is 0 Å². The first-order valence-electron chi connectivity index (χ1n) is 4.90. The largest absolute Gasteiger partial charge is 0.366 e. The molecule has 0 spiro atoms. The van der Waals surface area contributed by atoms with Crippen LogP contribution in [-0.2, 0) is 6.42 Å². The monoisotopic (exact) mass is 213 g/mol. The minimum absolute atomic E-state index is 0.412. The molecule has 0 radical (unpaired) electrons. The van der Waals surface area contributed by atoms with E-state index < -0.39 is 5.91 Å². The average molecular weight is 213 g/mol. The number of rotatable bonds is 3. The lowest BCUT2D eigenvalue weighted by Crippen LogP contribution is -2.13. The molecule has 0 saturated carbocycles. The molecule has 4 heteroatoms. The van der Waals surface area contributed by atoms with Crippen LogP contribution in [0.4, 0.5) is 0 Å². The zero-order chi connectivity index (χ0) is 11.4. The minimum atomic E-state index is -0.412. The molecule has 0 atom stereocenters. The second-order valence-electron chi connectivity index (χ2n) is 3.40. The maximum absolute atomic E-state index is 11.2. The van der Waals surface area contributed by atoms with Crippen molar-refractivity contribution in [3.63, 3.8) is 0 Å². The number of carbonyl (C=O) groups is 1.